The Hall–Kier alpha value is -1.52. The Kier molecular flexibility index (Phi) is 5.04. The van der Waals surface area contributed by atoms with Crippen LogP contribution in [0.4, 0.5) is 5.69 Å². The zero-order chi connectivity index (χ0) is 14.5. The molecule has 0 spiro atoms. The van der Waals surface area contributed by atoms with E-state index in [9.17, 15) is 4.79 Å². The normalized spacial score (nSPS) is 22.7. The van der Waals surface area contributed by atoms with Crippen molar-refractivity contribution in [3.05, 3.63) is 11.9 Å². The summed E-state index contributed by atoms with van der Waals surface area (Å²) < 4.78 is 1.69. The third-order valence-corrected chi connectivity index (χ3v) is 4.42. The molecule has 0 bridgehead atoms. The molecular weight excluding hydrogens is 252 g/mol. The van der Waals surface area contributed by atoms with Gasteiger partial charge in [-0.2, -0.15) is 5.10 Å². The molecule has 1 aliphatic carbocycles. The van der Waals surface area contributed by atoms with Gasteiger partial charge in [0.1, 0.15) is 0 Å². The van der Waals surface area contributed by atoms with Gasteiger partial charge in [0, 0.05) is 19.3 Å². The molecule has 3 N–H and O–H groups in total. The standard InChI is InChI=1S/C15H26N4O/c1-3-11-5-7-12(8-6-11)9-17-15(20)14-13(16)10-19(4-2)18-14/h10-12H,3-9,16H2,1-2H3,(H,17,20). The molecule has 1 saturated carbocycles. The first-order chi connectivity index (χ1) is 9.63. The highest BCUT2D eigenvalue weighted by atomic mass is 16.2. The van der Waals surface area contributed by atoms with Gasteiger partial charge in [-0.1, -0.05) is 26.2 Å². The number of hydrogen-bond donors (Lipinski definition) is 2. The minimum Gasteiger partial charge on any atom is -0.396 e. The van der Waals surface area contributed by atoms with Crippen molar-refractivity contribution in [3.8, 4) is 0 Å². The zero-order valence-corrected chi connectivity index (χ0v) is 12.6. The van der Waals surface area contributed by atoms with Gasteiger partial charge < -0.3 is 11.1 Å². The van der Waals surface area contributed by atoms with Gasteiger partial charge in [-0.25, -0.2) is 0 Å². The molecule has 0 aliphatic heterocycles. The summed E-state index contributed by atoms with van der Waals surface area (Å²) in [7, 11) is 0. The first-order valence-corrected chi connectivity index (χ1v) is 7.75. The minimum absolute atomic E-state index is 0.146. The maximum atomic E-state index is 12.1. The van der Waals surface area contributed by atoms with Crippen LogP contribution in [0.3, 0.4) is 0 Å². The number of aromatic nitrogens is 2. The molecule has 0 radical (unpaired) electrons. The van der Waals surface area contributed by atoms with Crippen molar-refractivity contribution in [2.24, 2.45) is 11.8 Å². The average molecular weight is 278 g/mol. The van der Waals surface area contributed by atoms with Gasteiger partial charge in [-0.3, -0.25) is 9.48 Å². The third kappa shape index (κ3) is 3.52. The van der Waals surface area contributed by atoms with Gasteiger partial charge in [0.2, 0.25) is 0 Å². The second-order valence-electron chi connectivity index (χ2n) is 5.79. The molecule has 5 nitrogen and oxygen atoms in total. The zero-order valence-electron chi connectivity index (χ0n) is 12.6. The molecule has 0 aromatic carbocycles. The maximum Gasteiger partial charge on any atom is 0.273 e. The maximum absolute atomic E-state index is 12.1. The Morgan fingerprint density at radius 3 is 2.55 bits per heavy atom. The van der Waals surface area contributed by atoms with Crippen LogP contribution in [0.15, 0.2) is 6.20 Å². The Balaban J connectivity index is 1.82. The number of nitrogens with two attached hydrogens (primary N) is 1. The molecule has 1 aliphatic rings. The van der Waals surface area contributed by atoms with E-state index in [1.165, 1.54) is 32.1 Å². The highest BCUT2D eigenvalue weighted by molar-refractivity contribution is 5.96. The van der Waals surface area contributed by atoms with Crippen LogP contribution in [-0.4, -0.2) is 22.2 Å². The van der Waals surface area contributed by atoms with Crippen molar-refractivity contribution in [1.82, 2.24) is 15.1 Å². The van der Waals surface area contributed by atoms with Gasteiger partial charge in [-0.05, 0) is 31.6 Å². The fourth-order valence-electron chi connectivity index (χ4n) is 2.94. The first kappa shape index (κ1) is 14.9. The summed E-state index contributed by atoms with van der Waals surface area (Å²) in [6.07, 6.45) is 8.02. The fourth-order valence-corrected chi connectivity index (χ4v) is 2.94. The quantitative estimate of drug-likeness (QED) is 0.868. The van der Waals surface area contributed by atoms with Crippen molar-refractivity contribution < 1.29 is 4.79 Å². The molecule has 20 heavy (non-hydrogen) atoms. The van der Waals surface area contributed by atoms with E-state index in [0.29, 0.717) is 17.3 Å². The van der Waals surface area contributed by atoms with Crippen LogP contribution in [0.25, 0.3) is 0 Å². The van der Waals surface area contributed by atoms with Gasteiger partial charge in [0.25, 0.3) is 5.91 Å². The van der Waals surface area contributed by atoms with E-state index in [4.69, 9.17) is 5.73 Å². The average Bonchev–Trinajstić information content (AvgIpc) is 2.86. The Morgan fingerprint density at radius 2 is 2.00 bits per heavy atom. The molecule has 0 saturated heterocycles. The second kappa shape index (κ2) is 6.77. The molecule has 112 valence electrons. The van der Waals surface area contributed by atoms with E-state index >= 15 is 0 Å². The van der Waals surface area contributed by atoms with E-state index < -0.39 is 0 Å². The van der Waals surface area contributed by atoms with Gasteiger partial charge >= 0.3 is 0 Å². The number of carbonyl (C=O) groups excluding carboxylic acids is 1. The number of carbonyl (C=O) groups is 1. The molecule has 2 rings (SSSR count). The van der Waals surface area contributed by atoms with Crippen molar-refractivity contribution in [3.63, 3.8) is 0 Å². The van der Waals surface area contributed by atoms with E-state index in [0.717, 1.165) is 19.0 Å². The number of rotatable bonds is 5. The molecule has 0 atom stereocenters. The smallest absolute Gasteiger partial charge is 0.273 e. The van der Waals surface area contributed by atoms with Crippen molar-refractivity contribution in [2.75, 3.05) is 12.3 Å². The van der Waals surface area contributed by atoms with E-state index in [1.54, 1.807) is 10.9 Å². The summed E-state index contributed by atoms with van der Waals surface area (Å²) in [5.74, 6) is 1.35. The Morgan fingerprint density at radius 1 is 1.35 bits per heavy atom. The lowest BCUT2D eigenvalue weighted by Crippen LogP contribution is -2.32. The van der Waals surface area contributed by atoms with Crippen LogP contribution >= 0.6 is 0 Å². The highest BCUT2D eigenvalue weighted by Crippen LogP contribution is 2.30. The van der Waals surface area contributed by atoms with Crippen molar-refractivity contribution >= 4 is 11.6 Å². The van der Waals surface area contributed by atoms with Gasteiger partial charge in [0.05, 0.1) is 5.69 Å². The molecule has 1 fully saturated rings. The van der Waals surface area contributed by atoms with Crippen LogP contribution < -0.4 is 11.1 Å². The number of anilines is 1. The monoisotopic (exact) mass is 278 g/mol. The van der Waals surface area contributed by atoms with Crippen LogP contribution in [0.2, 0.25) is 0 Å². The van der Waals surface area contributed by atoms with Gasteiger partial charge in [-0.15, -0.1) is 0 Å². The summed E-state index contributed by atoms with van der Waals surface area (Å²) in [4.78, 5) is 12.1. The number of amides is 1. The topological polar surface area (TPSA) is 72.9 Å². The van der Waals surface area contributed by atoms with E-state index in [2.05, 4.69) is 17.3 Å². The highest BCUT2D eigenvalue weighted by Gasteiger charge is 2.21. The van der Waals surface area contributed by atoms with E-state index in [1.807, 2.05) is 6.92 Å². The molecule has 1 heterocycles. The Bertz CT molecular complexity index is 447. The number of nitrogens with one attached hydrogen (secondary N) is 1. The minimum atomic E-state index is -0.146. The molecule has 1 aromatic rings. The summed E-state index contributed by atoms with van der Waals surface area (Å²) in [5, 5.41) is 7.18. The summed E-state index contributed by atoms with van der Waals surface area (Å²) in [6, 6.07) is 0. The fraction of sp³-hybridized carbons (Fsp3) is 0.733. The van der Waals surface area contributed by atoms with Crippen molar-refractivity contribution in [1.29, 1.82) is 0 Å². The molecule has 0 unspecified atom stereocenters. The SMILES string of the molecule is CCC1CCC(CNC(=O)c2nn(CC)cc2N)CC1. The number of aryl methyl sites for hydroxylation is 1. The lowest BCUT2D eigenvalue weighted by molar-refractivity contribution is 0.0936. The van der Waals surface area contributed by atoms with E-state index in [-0.39, 0.29) is 5.91 Å². The molecule has 1 aromatic heterocycles. The third-order valence-electron chi connectivity index (χ3n) is 4.42. The van der Waals surface area contributed by atoms with Crippen LogP contribution in [0.5, 0.6) is 0 Å². The molecule has 5 heteroatoms. The van der Waals surface area contributed by atoms with Gasteiger partial charge in [0.15, 0.2) is 5.69 Å². The molecular formula is C15H26N4O. The largest absolute Gasteiger partial charge is 0.396 e. The number of hydrogen-bond acceptors (Lipinski definition) is 3. The summed E-state index contributed by atoms with van der Waals surface area (Å²) >= 11 is 0. The predicted molar refractivity (Wildman–Crippen MR) is 80.4 cm³/mol. The number of nitrogen functional groups attached to an aromatic ring is 1. The lowest BCUT2D eigenvalue weighted by atomic mass is 9.81. The second-order valence-corrected chi connectivity index (χ2v) is 5.79. The molecule has 1 amide bonds. The summed E-state index contributed by atoms with van der Waals surface area (Å²) in [6.45, 7) is 5.70. The summed E-state index contributed by atoms with van der Waals surface area (Å²) in [5.41, 5.74) is 6.63. The van der Waals surface area contributed by atoms with Crippen molar-refractivity contribution in [2.45, 2.75) is 52.5 Å². The van der Waals surface area contributed by atoms with Crippen LogP contribution in [0, 0.1) is 11.8 Å². The lowest BCUT2D eigenvalue weighted by Gasteiger charge is -2.27. The van der Waals surface area contributed by atoms with Crippen LogP contribution in [-0.2, 0) is 6.54 Å². The number of nitrogens with zero attached hydrogens (tertiary/aromatic N) is 2. The first-order valence-electron chi connectivity index (χ1n) is 7.75. The Labute approximate surface area is 120 Å². The van der Waals surface area contributed by atoms with Crippen LogP contribution in [0.1, 0.15) is 56.4 Å². The predicted octanol–water partition coefficient (Wildman–Crippen LogP) is 2.43.